The third kappa shape index (κ3) is 6.50. The van der Waals surface area contributed by atoms with Crippen molar-refractivity contribution in [3.63, 3.8) is 0 Å². The second-order valence-corrected chi connectivity index (χ2v) is 12.1. The smallest absolute Gasteiger partial charge is 0.264 e. The fraction of sp³-hybridized carbons (Fsp3) is 0.289. The topological polar surface area (TPSA) is 108 Å². The standard InChI is InChI=1S/C38H39N3O6/c1-26-21-32(23-35(43)40(19-20-42)24-27-9-5-3-6-10-27)47-38(26)33-22-30(39-36(44)29-13-16-31(46-2)17-14-29)15-18-34(33)41(37(38)45)25-28-11-7-4-8-12-28/h3-18,22,26,32,42H,19-21,23-25H2,1-2H3,(H,39,44)/t26-,32-,38+/m1/s1. The molecule has 0 aromatic heterocycles. The van der Waals surface area contributed by atoms with E-state index < -0.39 is 11.7 Å². The number of amides is 3. The van der Waals surface area contributed by atoms with Gasteiger partial charge in [0.05, 0.1) is 38.5 Å². The highest BCUT2D eigenvalue weighted by molar-refractivity contribution is 6.09. The van der Waals surface area contributed by atoms with Crippen LogP contribution in [0.25, 0.3) is 0 Å². The quantitative estimate of drug-likeness (QED) is 0.225. The maximum Gasteiger partial charge on any atom is 0.264 e. The van der Waals surface area contributed by atoms with Gasteiger partial charge in [-0.1, -0.05) is 67.6 Å². The first-order valence-electron chi connectivity index (χ1n) is 15.9. The molecule has 2 aliphatic heterocycles. The lowest BCUT2D eigenvalue weighted by Crippen LogP contribution is -2.44. The van der Waals surface area contributed by atoms with Gasteiger partial charge in [-0.3, -0.25) is 14.4 Å². The van der Waals surface area contributed by atoms with Crippen molar-refractivity contribution < 1.29 is 29.0 Å². The predicted molar refractivity (Wildman–Crippen MR) is 179 cm³/mol. The van der Waals surface area contributed by atoms with E-state index >= 15 is 0 Å². The lowest BCUT2D eigenvalue weighted by atomic mass is 9.82. The number of aliphatic hydroxyl groups excluding tert-OH is 1. The van der Waals surface area contributed by atoms with E-state index in [9.17, 15) is 19.5 Å². The SMILES string of the molecule is COc1ccc(C(=O)Nc2ccc3c(c2)[C@]2(O[C@@H](CC(=O)N(CCO)Cc4ccccc4)C[C@H]2C)C(=O)N3Cc2ccccc2)cc1. The minimum absolute atomic E-state index is 0.0775. The molecule has 0 unspecified atom stereocenters. The Bertz CT molecular complexity index is 1730. The van der Waals surface area contributed by atoms with Gasteiger partial charge in [-0.2, -0.15) is 0 Å². The molecule has 4 aromatic rings. The summed E-state index contributed by atoms with van der Waals surface area (Å²) >= 11 is 0. The van der Waals surface area contributed by atoms with Crippen molar-refractivity contribution in [3.05, 3.63) is 125 Å². The summed E-state index contributed by atoms with van der Waals surface area (Å²) in [6.45, 7) is 2.75. The monoisotopic (exact) mass is 633 g/mol. The number of hydrogen-bond donors (Lipinski definition) is 2. The summed E-state index contributed by atoms with van der Waals surface area (Å²) in [7, 11) is 1.57. The Balaban J connectivity index is 1.28. The van der Waals surface area contributed by atoms with E-state index in [2.05, 4.69) is 5.32 Å². The van der Waals surface area contributed by atoms with Crippen LogP contribution in [0.15, 0.2) is 103 Å². The summed E-state index contributed by atoms with van der Waals surface area (Å²) in [5.74, 6) is -0.227. The van der Waals surface area contributed by atoms with Gasteiger partial charge in [-0.25, -0.2) is 0 Å². The Morgan fingerprint density at radius 1 is 0.979 bits per heavy atom. The van der Waals surface area contributed by atoms with E-state index in [1.807, 2.05) is 79.7 Å². The van der Waals surface area contributed by atoms with Crippen molar-refractivity contribution in [2.24, 2.45) is 5.92 Å². The van der Waals surface area contributed by atoms with Gasteiger partial charge in [0.15, 0.2) is 5.60 Å². The maximum atomic E-state index is 14.5. The van der Waals surface area contributed by atoms with Gasteiger partial charge in [0, 0.05) is 35.8 Å². The van der Waals surface area contributed by atoms with Crippen LogP contribution in [0.3, 0.4) is 0 Å². The number of aliphatic hydroxyl groups is 1. The molecule has 2 aliphatic rings. The Morgan fingerprint density at radius 2 is 1.66 bits per heavy atom. The van der Waals surface area contributed by atoms with Crippen LogP contribution in [0.5, 0.6) is 5.75 Å². The van der Waals surface area contributed by atoms with Crippen molar-refractivity contribution in [2.75, 3.05) is 30.5 Å². The molecule has 9 heteroatoms. The van der Waals surface area contributed by atoms with Crippen molar-refractivity contribution >= 4 is 29.1 Å². The number of nitrogens with one attached hydrogen (secondary N) is 1. The minimum atomic E-state index is -1.32. The Morgan fingerprint density at radius 3 is 2.32 bits per heavy atom. The molecule has 9 nitrogen and oxygen atoms in total. The van der Waals surface area contributed by atoms with E-state index in [-0.39, 0.29) is 43.2 Å². The first-order chi connectivity index (χ1) is 22.8. The van der Waals surface area contributed by atoms with Gasteiger partial charge in [-0.15, -0.1) is 0 Å². The van der Waals surface area contributed by atoms with Crippen LogP contribution in [0.4, 0.5) is 11.4 Å². The second-order valence-electron chi connectivity index (χ2n) is 12.1. The van der Waals surface area contributed by atoms with Crippen LogP contribution in [0.1, 0.15) is 46.8 Å². The van der Waals surface area contributed by atoms with Crippen LogP contribution in [-0.2, 0) is 33.0 Å². The molecular formula is C38H39N3O6. The highest BCUT2D eigenvalue weighted by Crippen LogP contribution is 2.54. The summed E-state index contributed by atoms with van der Waals surface area (Å²) in [6, 6.07) is 31.7. The number of carbonyl (C=O) groups is 3. The van der Waals surface area contributed by atoms with Gasteiger partial charge >= 0.3 is 0 Å². The molecule has 3 amide bonds. The Hall–Kier alpha value is -4.99. The summed E-state index contributed by atoms with van der Waals surface area (Å²) in [5.41, 5.74) is 3.00. The van der Waals surface area contributed by atoms with Crippen LogP contribution in [-0.4, -0.2) is 54.1 Å². The third-order valence-electron chi connectivity index (χ3n) is 9.05. The molecule has 6 rings (SSSR count). The molecular weight excluding hydrogens is 594 g/mol. The lowest BCUT2D eigenvalue weighted by molar-refractivity contribution is -0.150. The van der Waals surface area contributed by atoms with Gasteiger partial charge in [0.1, 0.15) is 5.75 Å². The molecule has 4 aromatic carbocycles. The first-order valence-corrected chi connectivity index (χ1v) is 15.9. The Labute approximate surface area is 274 Å². The number of nitrogens with zero attached hydrogens (tertiary/aromatic N) is 2. The van der Waals surface area contributed by atoms with Crippen LogP contribution in [0.2, 0.25) is 0 Å². The number of carbonyl (C=O) groups excluding carboxylic acids is 3. The molecule has 0 bridgehead atoms. The first kappa shape index (κ1) is 32.0. The van der Waals surface area contributed by atoms with Crippen LogP contribution in [0, 0.1) is 5.92 Å². The number of ether oxygens (including phenoxy) is 2. The van der Waals surface area contributed by atoms with Crippen molar-refractivity contribution in [1.29, 1.82) is 0 Å². The van der Waals surface area contributed by atoms with Gasteiger partial charge in [-0.05, 0) is 60.0 Å². The molecule has 0 radical (unpaired) electrons. The van der Waals surface area contributed by atoms with Crippen molar-refractivity contribution in [1.82, 2.24) is 4.90 Å². The van der Waals surface area contributed by atoms with Crippen molar-refractivity contribution in [3.8, 4) is 5.75 Å². The minimum Gasteiger partial charge on any atom is -0.497 e. The molecule has 1 spiro atoms. The van der Waals surface area contributed by atoms with Crippen LogP contribution < -0.4 is 15.0 Å². The lowest BCUT2D eigenvalue weighted by Gasteiger charge is -2.29. The molecule has 242 valence electrons. The highest BCUT2D eigenvalue weighted by atomic mass is 16.5. The number of methoxy groups -OCH3 is 1. The normalized spacial score (nSPS) is 19.9. The van der Waals surface area contributed by atoms with E-state index in [1.165, 1.54) is 0 Å². The average molecular weight is 634 g/mol. The summed E-state index contributed by atoms with van der Waals surface area (Å²) in [5, 5.41) is 12.7. The molecule has 0 saturated carbocycles. The van der Waals surface area contributed by atoms with Gasteiger partial charge in [0.2, 0.25) is 5.91 Å². The number of rotatable bonds is 11. The van der Waals surface area contributed by atoms with Crippen LogP contribution >= 0.6 is 0 Å². The highest BCUT2D eigenvalue weighted by Gasteiger charge is 2.60. The summed E-state index contributed by atoms with van der Waals surface area (Å²) in [6.07, 6.45) is 0.0609. The molecule has 2 N–H and O–H groups in total. The maximum absolute atomic E-state index is 14.5. The van der Waals surface area contributed by atoms with E-state index in [1.54, 1.807) is 47.2 Å². The number of benzene rings is 4. The summed E-state index contributed by atoms with van der Waals surface area (Å²) in [4.78, 5) is 44.6. The number of fused-ring (bicyclic) bond motifs is 2. The zero-order valence-electron chi connectivity index (χ0n) is 26.6. The third-order valence-corrected chi connectivity index (χ3v) is 9.05. The zero-order valence-corrected chi connectivity index (χ0v) is 26.6. The predicted octanol–water partition coefficient (Wildman–Crippen LogP) is 5.53. The summed E-state index contributed by atoms with van der Waals surface area (Å²) < 4.78 is 11.9. The van der Waals surface area contributed by atoms with E-state index in [4.69, 9.17) is 9.47 Å². The van der Waals surface area contributed by atoms with E-state index in [0.29, 0.717) is 47.8 Å². The fourth-order valence-corrected chi connectivity index (χ4v) is 6.68. The van der Waals surface area contributed by atoms with Crippen molar-refractivity contribution in [2.45, 2.75) is 44.6 Å². The molecule has 47 heavy (non-hydrogen) atoms. The molecule has 1 saturated heterocycles. The fourth-order valence-electron chi connectivity index (χ4n) is 6.68. The molecule has 3 atom stereocenters. The largest absolute Gasteiger partial charge is 0.497 e. The number of hydrogen-bond acceptors (Lipinski definition) is 6. The molecule has 2 heterocycles. The Kier molecular flexibility index (Phi) is 9.38. The molecule has 0 aliphatic carbocycles. The second kappa shape index (κ2) is 13.8. The average Bonchev–Trinajstić information content (AvgIpc) is 3.54. The zero-order chi connectivity index (χ0) is 33.0. The van der Waals surface area contributed by atoms with Gasteiger partial charge in [0.25, 0.3) is 11.8 Å². The number of anilines is 2. The van der Waals surface area contributed by atoms with Gasteiger partial charge < -0.3 is 29.7 Å². The molecule has 1 fully saturated rings. The van der Waals surface area contributed by atoms with E-state index in [0.717, 1.165) is 11.1 Å².